The lowest BCUT2D eigenvalue weighted by Gasteiger charge is -2.09. The number of methoxy groups -OCH3 is 1. The van der Waals surface area contributed by atoms with Gasteiger partial charge in [0.25, 0.3) is 0 Å². The molecule has 9 heteroatoms. The number of alkyl halides is 3. The van der Waals surface area contributed by atoms with Crippen LogP contribution in [0.1, 0.15) is 15.2 Å². The van der Waals surface area contributed by atoms with Crippen LogP contribution in [0.25, 0.3) is 11.1 Å². The number of thiophene rings is 1. The van der Waals surface area contributed by atoms with Crippen molar-refractivity contribution in [1.29, 1.82) is 0 Å². The van der Waals surface area contributed by atoms with Crippen LogP contribution >= 0.6 is 22.9 Å². The van der Waals surface area contributed by atoms with Gasteiger partial charge in [0.15, 0.2) is 0 Å². The number of halogens is 4. The average molecular weight is 378 g/mol. The molecule has 0 saturated carbocycles. The summed E-state index contributed by atoms with van der Waals surface area (Å²) < 4.78 is 42.1. The summed E-state index contributed by atoms with van der Waals surface area (Å²) in [5.74, 6) is -3.02. The Labute approximate surface area is 144 Å². The third-order valence-corrected chi connectivity index (χ3v) is 4.33. The quantitative estimate of drug-likeness (QED) is 0.791. The van der Waals surface area contributed by atoms with E-state index < -0.39 is 18.1 Å². The summed E-state index contributed by atoms with van der Waals surface area (Å²) in [6.07, 6.45) is -5.07. The minimum atomic E-state index is -5.07. The number of carbonyl (C=O) groups is 2. The van der Waals surface area contributed by atoms with Gasteiger partial charge in [0, 0.05) is 15.5 Å². The van der Waals surface area contributed by atoms with Crippen molar-refractivity contribution >= 4 is 39.8 Å². The minimum Gasteiger partial charge on any atom is -0.465 e. The Hall–Kier alpha value is -2.06. The van der Waals surface area contributed by atoms with Crippen molar-refractivity contribution in [3.63, 3.8) is 0 Å². The molecule has 0 unspecified atom stereocenters. The highest BCUT2D eigenvalue weighted by Gasteiger charge is 2.40. The molecule has 4 nitrogen and oxygen atoms in total. The zero-order valence-corrected chi connectivity index (χ0v) is 14.0. The number of esters is 1. The van der Waals surface area contributed by atoms with Gasteiger partial charge in [-0.15, -0.1) is 11.3 Å². The van der Waals surface area contributed by atoms with E-state index in [9.17, 15) is 22.8 Å². The molecule has 1 aromatic carbocycles. The molecular formula is C15H11ClF3NO3S. The topological polar surface area (TPSA) is 55.4 Å². The lowest BCUT2D eigenvalue weighted by atomic mass is 10.0. The van der Waals surface area contributed by atoms with Crippen LogP contribution < -0.4 is 5.32 Å². The molecule has 128 valence electrons. The lowest BCUT2D eigenvalue weighted by Crippen LogP contribution is -2.30. The maximum Gasteiger partial charge on any atom is 0.471 e. The van der Waals surface area contributed by atoms with Crippen LogP contribution in [0.3, 0.4) is 0 Å². The first-order valence-corrected chi connectivity index (χ1v) is 7.70. The number of benzene rings is 1. The number of carbonyl (C=O) groups excluding carboxylic acids is 2. The smallest absolute Gasteiger partial charge is 0.465 e. The summed E-state index contributed by atoms with van der Waals surface area (Å²) >= 11 is 6.79. The predicted octanol–water partition coefficient (Wildman–Crippen LogP) is 4.66. The zero-order valence-electron chi connectivity index (χ0n) is 12.5. The van der Waals surface area contributed by atoms with Gasteiger partial charge >= 0.3 is 18.1 Å². The van der Waals surface area contributed by atoms with Gasteiger partial charge in [-0.2, -0.15) is 13.2 Å². The Morgan fingerprint density at radius 3 is 2.50 bits per heavy atom. The highest BCUT2D eigenvalue weighted by molar-refractivity contribution is 7.17. The Bertz CT molecular complexity index is 802. The van der Waals surface area contributed by atoms with Crippen molar-refractivity contribution in [1.82, 2.24) is 0 Å². The van der Waals surface area contributed by atoms with Gasteiger partial charge in [-0.3, -0.25) is 4.79 Å². The van der Waals surface area contributed by atoms with Gasteiger partial charge in [-0.1, -0.05) is 23.7 Å². The van der Waals surface area contributed by atoms with Crippen molar-refractivity contribution in [2.24, 2.45) is 0 Å². The Balaban J connectivity index is 2.60. The molecular weight excluding hydrogens is 367 g/mol. The standard InChI is InChI=1S/C15H11ClF3NO3S/c1-7-10(8-4-3-5-9(16)6-8)11(13(21)23-2)12(24-7)20-14(22)15(17,18)19/h3-6H,1-2H3,(H,20,22). The van der Waals surface area contributed by atoms with E-state index in [1.165, 1.54) is 0 Å². The summed E-state index contributed by atoms with van der Waals surface area (Å²) in [6, 6.07) is 6.49. The van der Waals surface area contributed by atoms with Crippen LogP contribution in [0, 0.1) is 6.92 Å². The fourth-order valence-electron chi connectivity index (χ4n) is 2.10. The molecule has 0 saturated heterocycles. The van der Waals surface area contributed by atoms with E-state index in [4.69, 9.17) is 11.6 Å². The van der Waals surface area contributed by atoms with Gasteiger partial charge in [-0.25, -0.2) is 4.79 Å². The molecule has 0 aliphatic rings. The molecule has 2 aromatic rings. The molecule has 1 aromatic heterocycles. The third-order valence-electron chi connectivity index (χ3n) is 3.07. The number of aryl methyl sites for hydroxylation is 1. The van der Waals surface area contributed by atoms with E-state index in [2.05, 4.69) is 4.74 Å². The SMILES string of the molecule is COC(=O)c1c(NC(=O)C(F)(F)F)sc(C)c1-c1cccc(Cl)c1. The molecule has 0 aliphatic heterocycles. The average Bonchev–Trinajstić information content (AvgIpc) is 2.81. The van der Waals surface area contributed by atoms with E-state index in [0.29, 0.717) is 21.0 Å². The number of rotatable bonds is 3. The van der Waals surface area contributed by atoms with Crippen LogP contribution in [0.15, 0.2) is 24.3 Å². The highest BCUT2D eigenvalue weighted by atomic mass is 35.5. The first-order chi connectivity index (χ1) is 11.1. The first kappa shape index (κ1) is 18.3. The van der Waals surface area contributed by atoms with Crippen LogP contribution in [0.4, 0.5) is 18.2 Å². The summed E-state index contributed by atoms with van der Waals surface area (Å²) in [5.41, 5.74) is 0.760. The highest BCUT2D eigenvalue weighted by Crippen LogP contribution is 2.41. The summed E-state index contributed by atoms with van der Waals surface area (Å²) in [7, 11) is 1.10. The molecule has 0 radical (unpaired) electrons. The normalized spacial score (nSPS) is 11.2. The second kappa shape index (κ2) is 6.82. The van der Waals surface area contributed by atoms with Gasteiger partial charge in [0.05, 0.1) is 7.11 Å². The van der Waals surface area contributed by atoms with Crippen LogP contribution in [0.2, 0.25) is 5.02 Å². The largest absolute Gasteiger partial charge is 0.471 e. The van der Waals surface area contributed by atoms with Gasteiger partial charge in [-0.05, 0) is 24.6 Å². The number of hydrogen-bond donors (Lipinski definition) is 1. The van der Waals surface area contributed by atoms with Crippen molar-refractivity contribution in [3.8, 4) is 11.1 Å². The van der Waals surface area contributed by atoms with Gasteiger partial charge in [0.2, 0.25) is 0 Å². The number of amides is 1. The molecule has 0 bridgehead atoms. The maximum absolute atomic E-state index is 12.5. The molecule has 1 heterocycles. The van der Waals surface area contributed by atoms with E-state index in [1.807, 2.05) is 0 Å². The fraction of sp³-hybridized carbons (Fsp3) is 0.200. The third kappa shape index (κ3) is 3.70. The van der Waals surface area contributed by atoms with E-state index in [1.54, 1.807) is 36.5 Å². The summed E-state index contributed by atoms with van der Waals surface area (Å²) in [4.78, 5) is 23.8. The van der Waals surface area contributed by atoms with Crippen molar-refractivity contribution in [2.75, 3.05) is 12.4 Å². The molecule has 1 N–H and O–H groups in total. The molecule has 1 amide bonds. The molecule has 0 fully saturated rings. The van der Waals surface area contributed by atoms with E-state index in [0.717, 1.165) is 18.4 Å². The fourth-order valence-corrected chi connectivity index (χ4v) is 3.34. The first-order valence-electron chi connectivity index (χ1n) is 6.51. The zero-order chi connectivity index (χ0) is 18.1. The maximum atomic E-state index is 12.5. The Morgan fingerprint density at radius 1 is 1.29 bits per heavy atom. The Kier molecular flexibility index (Phi) is 5.19. The van der Waals surface area contributed by atoms with Crippen molar-refractivity contribution < 1.29 is 27.5 Å². The van der Waals surface area contributed by atoms with Gasteiger partial charge < -0.3 is 10.1 Å². The lowest BCUT2D eigenvalue weighted by molar-refractivity contribution is -0.167. The van der Waals surface area contributed by atoms with Crippen molar-refractivity contribution in [3.05, 3.63) is 39.7 Å². The predicted molar refractivity (Wildman–Crippen MR) is 85.5 cm³/mol. The number of anilines is 1. The van der Waals surface area contributed by atoms with Crippen molar-refractivity contribution in [2.45, 2.75) is 13.1 Å². The molecule has 24 heavy (non-hydrogen) atoms. The second-order valence-corrected chi connectivity index (χ2v) is 6.35. The number of ether oxygens (including phenoxy) is 1. The summed E-state index contributed by atoms with van der Waals surface area (Å²) in [5, 5.41) is 1.90. The van der Waals surface area contributed by atoms with Gasteiger partial charge in [0.1, 0.15) is 10.6 Å². The molecule has 0 spiro atoms. The van der Waals surface area contributed by atoms with E-state index in [-0.39, 0.29) is 10.6 Å². The molecule has 2 rings (SSSR count). The molecule has 0 aliphatic carbocycles. The number of hydrogen-bond acceptors (Lipinski definition) is 4. The van der Waals surface area contributed by atoms with Crippen LogP contribution in [0.5, 0.6) is 0 Å². The monoisotopic (exact) mass is 377 g/mol. The molecule has 0 atom stereocenters. The minimum absolute atomic E-state index is 0.139. The van der Waals surface area contributed by atoms with E-state index >= 15 is 0 Å². The van der Waals surface area contributed by atoms with Crippen LogP contribution in [-0.2, 0) is 9.53 Å². The number of nitrogens with one attached hydrogen (secondary N) is 1. The summed E-state index contributed by atoms with van der Waals surface area (Å²) in [6.45, 7) is 1.62. The second-order valence-electron chi connectivity index (χ2n) is 4.69. The Morgan fingerprint density at radius 2 is 1.96 bits per heavy atom. The van der Waals surface area contributed by atoms with Crippen LogP contribution in [-0.4, -0.2) is 25.2 Å².